The van der Waals surface area contributed by atoms with Crippen LogP contribution in [0, 0.1) is 0 Å². The molecule has 1 aliphatic rings. The van der Waals surface area contributed by atoms with Crippen LogP contribution in [0.3, 0.4) is 0 Å². The fraction of sp³-hybridized carbons (Fsp3) is 0.583. The van der Waals surface area contributed by atoms with Crippen LogP contribution in [-0.2, 0) is 33.3 Å². The molecule has 0 saturated heterocycles. The van der Waals surface area contributed by atoms with Crippen molar-refractivity contribution in [3.8, 4) is 0 Å². The molecule has 0 saturated carbocycles. The number of hydrogen-bond donors (Lipinski definition) is 0. The van der Waals surface area contributed by atoms with Gasteiger partial charge in [-0.15, -0.1) is 0 Å². The maximum atomic E-state index is 11.2. The van der Waals surface area contributed by atoms with E-state index in [1.165, 1.54) is 27.0 Å². The summed E-state index contributed by atoms with van der Waals surface area (Å²) < 4.78 is 21.1. The minimum Gasteiger partial charge on any atom is -0.489 e. The Hall–Kier alpha value is -1.32. The van der Waals surface area contributed by atoms with Gasteiger partial charge in [0.1, 0.15) is 6.61 Å². The van der Waals surface area contributed by atoms with Crippen molar-refractivity contribution in [2.75, 3.05) is 6.61 Å². The van der Waals surface area contributed by atoms with Gasteiger partial charge in [0.25, 0.3) is 0 Å². The molecule has 0 bridgehead atoms. The van der Waals surface area contributed by atoms with E-state index in [9.17, 15) is 14.4 Å². The molecule has 0 aliphatic carbocycles. The molecule has 0 spiro atoms. The molecule has 0 fully saturated rings. The van der Waals surface area contributed by atoms with Crippen molar-refractivity contribution in [1.82, 2.24) is 0 Å². The number of ether oxygens (including phenoxy) is 4. The normalized spacial score (nSPS) is 25.0. The molecule has 8 heteroatoms. The van der Waals surface area contributed by atoms with Crippen LogP contribution in [0.15, 0.2) is 9.84 Å². The third kappa shape index (κ3) is 4.99. The molecule has 3 unspecified atom stereocenters. The number of hydrogen-bond acceptors (Lipinski definition) is 7. The summed E-state index contributed by atoms with van der Waals surface area (Å²) in [5.41, 5.74) is 0. The Labute approximate surface area is 129 Å². The van der Waals surface area contributed by atoms with E-state index in [-0.39, 0.29) is 6.61 Å². The van der Waals surface area contributed by atoms with Crippen molar-refractivity contribution < 1.29 is 33.3 Å². The van der Waals surface area contributed by atoms with E-state index in [0.29, 0.717) is 3.58 Å². The summed E-state index contributed by atoms with van der Waals surface area (Å²) in [5, 5.41) is 0. The van der Waals surface area contributed by atoms with Crippen LogP contribution >= 0.6 is 22.6 Å². The molecule has 1 rings (SSSR count). The maximum absolute atomic E-state index is 11.2. The molecule has 0 aromatic rings. The number of halogens is 1. The summed E-state index contributed by atoms with van der Waals surface area (Å²) >= 11 is 1.93. The first-order valence-corrected chi connectivity index (χ1v) is 6.88. The zero-order chi connectivity index (χ0) is 15.3. The van der Waals surface area contributed by atoms with Gasteiger partial charge < -0.3 is 18.9 Å². The lowest BCUT2D eigenvalue weighted by Gasteiger charge is -2.34. The largest absolute Gasteiger partial charge is 0.489 e. The van der Waals surface area contributed by atoms with Gasteiger partial charge in [0.05, 0.1) is 9.84 Å². The van der Waals surface area contributed by atoms with Gasteiger partial charge in [-0.25, -0.2) is 0 Å². The van der Waals surface area contributed by atoms with Crippen LogP contribution < -0.4 is 0 Å². The summed E-state index contributed by atoms with van der Waals surface area (Å²) in [6.45, 7) is 3.64. The lowest BCUT2D eigenvalue weighted by atomic mass is 10.1. The van der Waals surface area contributed by atoms with Crippen LogP contribution in [-0.4, -0.2) is 42.8 Å². The van der Waals surface area contributed by atoms with E-state index in [0.717, 1.165) is 0 Å². The molecule has 1 heterocycles. The topological polar surface area (TPSA) is 88.1 Å². The van der Waals surface area contributed by atoms with Crippen molar-refractivity contribution >= 4 is 40.5 Å². The molecular weight excluding hydrogens is 383 g/mol. The molecule has 0 amide bonds. The molecule has 0 aromatic heterocycles. The number of esters is 3. The number of rotatable bonds is 4. The molecule has 0 aromatic carbocycles. The van der Waals surface area contributed by atoms with Crippen molar-refractivity contribution in [3.05, 3.63) is 9.84 Å². The van der Waals surface area contributed by atoms with Gasteiger partial charge in [0.15, 0.2) is 18.3 Å². The monoisotopic (exact) mass is 398 g/mol. The van der Waals surface area contributed by atoms with E-state index in [4.69, 9.17) is 18.9 Å². The second-order valence-electron chi connectivity index (χ2n) is 4.08. The number of carbonyl (C=O) groups is 3. The van der Waals surface area contributed by atoms with E-state index >= 15 is 0 Å². The highest BCUT2D eigenvalue weighted by Gasteiger charge is 2.41. The van der Waals surface area contributed by atoms with E-state index in [1.807, 2.05) is 22.6 Å². The summed E-state index contributed by atoms with van der Waals surface area (Å²) in [7, 11) is 0. The van der Waals surface area contributed by atoms with Gasteiger partial charge in [-0.1, -0.05) is 0 Å². The predicted octanol–water partition coefficient (Wildman–Crippen LogP) is 1.09. The highest BCUT2D eigenvalue weighted by atomic mass is 127. The molecule has 0 radical (unpaired) electrons. The lowest BCUT2D eigenvalue weighted by molar-refractivity contribution is -0.179. The van der Waals surface area contributed by atoms with Gasteiger partial charge in [-0.2, -0.15) is 0 Å². The lowest BCUT2D eigenvalue weighted by Crippen LogP contribution is -2.48. The Balaban J connectivity index is 2.90. The Kier molecular flexibility index (Phi) is 6.24. The highest BCUT2D eigenvalue weighted by molar-refractivity contribution is 14.1. The fourth-order valence-electron chi connectivity index (χ4n) is 1.61. The minimum atomic E-state index is -0.868. The minimum absolute atomic E-state index is 0.106. The fourth-order valence-corrected chi connectivity index (χ4v) is 2.24. The second-order valence-corrected chi connectivity index (χ2v) is 5.33. The zero-order valence-corrected chi connectivity index (χ0v) is 13.4. The quantitative estimate of drug-likeness (QED) is 0.398. The first kappa shape index (κ1) is 16.7. The van der Waals surface area contributed by atoms with Crippen molar-refractivity contribution in [2.45, 2.75) is 39.1 Å². The zero-order valence-electron chi connectivity index (χ0n) is 11.3. The third-order valence-corrected chi connectivity index (χ3v) is 3.21. The van der Waals surface area contributed by atoms with E-state index in [1.54, 1.807) is 0 Å². The van der Waals surface area contributed by atoms with Crippen LogP contribution in [0.2, 0.25) is 0 Å². The number of carbonyl (C=O) groups excluding carboxylic acids is 3. The summed E-state index contributed by atoms with van der Waals surface area (Å²) in [4.78, 5) is 33.2. The van der Waals surface area contributed by atoms with Gasteiger partial charge in [0.2, 0.25) is 0 Å². The first-order valence-electron chi connectivity index (χ1n) is 5.80. The van der Waals surface area contributed by atoms with Crippen LogP contribution in [0.1, 0.15) is 20.8 Å². The van der Waals surface area contributed by atoms with Gasteiger partial charge in [-0.3, -0.25) is 14.4 Å². The van der Waals surface area contributed by atoms with Crippen molar-refractivity contribution in [3.63, 3.8) is 0 Å². The molecular formula is C12H15IO7. The highest BCUT2D eigenvalue weighted by Crippen LogP contribution is 2.29. The van der Waals surface area contributed by atoms with Crippen molar-refractivity contribution in [1.29, 1.82) is 0 Å². The second kappa shape index (κ2) is 7.46. The Bertz CT molecular complexity index is 432. The predicted molar refractivity (Wildman–Crippen MR) is 74.7 cm³/mol. The van der Waals surface area contributed by atoms with E-state index in [2.05, 4.69) is 0 Å². The van der Waals surface area contributed by atoms with Crippen LogP contribution in [0.5, 0.6) is 0 Å². The summed E-state index contributed by atoms with van der Waals surface area (Å²) in [6, 6.07) is 0. The molecule has 1 aliphatic heterocycles. The molecule has 20 heavy (non-hydrogen) atoms. The summed E-state index contributed by atoms with van der Waals surface area (Å²) in [5.74, 6) is -1.54. The van der Waals surface area contributed by atoms with Crippen LogP contribution in [0.4, 0.5) is 0 Å². The molecule has 7 nitrogen and oxygen atoms in total. The average Bonchev–Trinajstić information content (AvgIpc) is 2.31. The Morgan fingerprint density at radius 3 is 2.25 bits per heavy atom. The van der Waals surface area contributed by atoms with E-state index < -0.39 is 36.2 Å². The average molecular weight is 398 g/mol. The third-order valence-electron chi connectivity index (χ3n) is 2.34. The molecule has 0 N–H and O–H groups in total. The SMILES string of the molecule is CC(=O)OCC1OC=C(I)C(OC(C)=O)C1OC(C)=O. The molecule has 112 valence electrons. The standard InChI is InChI=1S/C12H15IO7/c1-6(14)17-5-10-12(20-8(3)16)11(19-7(2)15)9(13)4-18-10/h4,10-12H,5H2,1-3H3. The van der Waals surface area contributed by atoms with Gasteiger partial charge in [0, 0.05) is 20.8 Å². The van der Waals surface area contributed by atoms with Crippen LogP contribution in [0.25, 0.3) is 0 Å². The first-order chi connectivity index (χ1) is 9.31. The Morgan fingerprint density at radius 1 is 1.15 bits per heavy atom. The molecule has 3 atom stereocenters. The maximum Gasteiger partial charge on any atom is 0.303 e. The summed E-state index contributed by atoms with van der Waals surface area (Å²) in [6.07, 6.45) is -0.980. The van der Waals surface area contributed by atoms with Gasteiger partial charge >= 0.3 is 17.9 Å². The van der Waals surface area contributed by atoms with Crippen molar-refractivity contribution in [2.24, 2.45) is 0 Å². The Morgan fingerprint density at radius 2 is 1.75 bits per heavy atom. The smallest absolute Gasteiger partial charge is 0.303 e. The van der Waals surface area contributed by atoms with Gasteiger partial charge in [-0.05, 0) is 22.6 Å².